The van der Waals surface area contributed by atoms with E-state index in [1.54, 1.807) is 20.8 Å². The standard InChI is InChI=1S/C13H22O3/c1-8-10(16-13(5,6)7)9-15-11(14)12(2,3)4/h1,10H,9H2,2-7H3/t10-/m1/s1. The van der Waals surface area contributed by atoms with Gasteiger partial charge >= 0.3 is 5.97 Å². The van der Waals surface area contributed by atoms with Crippen molar-refractivity contribution in [1.29, 1.82) is 0 Å². The molecule has 0 spiro atoms. The molecule has 0 aromatic carbocycles. The quantitative estimate of drug-likeness (QED) is 0.547. The van der Waals surface area contributed by atoms with Gasteiger partial charge in [0.2, 0.25) is 0 Å². The molecule has 92 valence electrons. The van der Waals surface area contributed by atoms with E-state index < -0.39 is 11.5 Å². The molecule has 3 heteroatoms. The van der Waals surface area contributed by atoms with Crippen molar-refractivity contribution >= 4 is 5.97 Å². The number of ether oxygens (including phenoxy) is 2. The zero-order valence-corrected chi connectivity index (χ0v) is 11.1. The topological polar surface area (TPSA) is 35.5 Å². The highest BCUT2D eigenvalue weighted by molar-refractivity contribution is 5.75. The zero-order chi connectivity index (χ0) is 13.0. The summed E-state index contributed by atoms with van der Waals surface area (Å²) in [6.45, 7) is 11.2. The number of terminal acetylenes is 1. The molecule has 3 nitrogen and oxygen atoms in total. The molecule has 0 heterocycles. The van der Waals surface area contributed by atoms with Gasteiger partial charge < -0.3 is 9.47 Å². The van der Waals surface area contributed by atoms with Crippen molar-refractivity contribution in [2.75, 3.05) is 6.61 Å². The summed E-state index contributed by atoms with van der Waals surface area (Å²) in [4.78, 5) is 11.5. The van der Waals surface area contributed by atoms with Gasteiger partial charge in [-0.1, -0.05) is 5.92 Å². The Labute approximate surface area is 98.5 Å². The maximum Gasteiger partial charge on any atom is 0.311 e. The average Bonchev–Trinajstić information content (AvgIpc) is 2.08. The minimum atomic E-state index is -0.513. The Morgan fingerprint density at radius 2 is 1.75 bits per heavy atom. The summed E-state index contributed by atoms with van der Waals surface area (Å²) in [5, 5.41) is 0. The highest BCUT2D eigenvalue weighted by Gasteiger charge is 2.25. The Kier molecular flexibility index (Phi) is 5.02. The van der Waals surface area contributed by atoms with Crippen LogP contribution in [-0.4, -0.2) is 24.3 Å². The van der Waals surface area contributed by atoms with Gasteiger partial charge in [-0.15, -0.1) is 6.42 Å². The lowest BCUT2D eigenvalue weighted by atomic mass is 9.97. The SMILES string of the molecule is C#C[C@H](COC(=O)C(C)(C)C)OC(C)(C)C. The van der Waals surface area contributed by atoms with E-state index in [1.807, 2.05) is 20.8 Å². The van der Waals surface area contributed by atoms with Gasteiger partial charge in [-0.05, 0) is 41.5 Å². The lowest BCUT2D eigenvalue weighted by molar-refractivity contribution is -0.158. The first-order valence-corrected chi connectivity index (χ1v) is 5.37. The van der Waals surface area contributed by atoms with Crippen molar-refractivity contribution in [2.45, 2.75) is 53.2 Å². The molecule has 0 fully saturated rings. The van der Waals surface area contributed by atoms with Gasteiger partial charge in [0.25, 0.3) is 0 Å². The minimum absolute atomic E-state index is 0.101. The van der Waals surface area contributed by atoms with E-state index in [0.29, 0.717) is 0 Å². The highest BCUT2D eigenvalue weighted by atomic mass is 16.6. The average molecular weight is 226 g/mol. The van der Waals surface area contributed by atoms with Crippen LogP contribution in [0.3, 0.4) is 0 Å². The molecule has 1 atom stereocenters. The summed E-state index contributed by atoms with van der Waals surface area (Å²) in [6, 6.07) is 0. The second-order valence-corrected chi connectivity index (χ2v) is 5.73. The minimum Gasteiger partial charge on any atom is -0.461 e. The molecule has 0 aromatic heterocycles. The van der Waals surface area contributed by atoms with Gasteiger partial charge in [-0.2, -0.15) is 0 Å². The summed E-state index contributed by atoms with van der Waals surface area (Å²) >= 11 is 0. The Morgan fingerprint density at radius 3 is 2.06 bits per heavy atom. The summed E-state index contributed by atoms with van der Waals surface area (Å²) in [5.41, 5.74) is -0.855. The third-order valence-electron chi connectivity index (χ3n) is 1.66. The molecule has 0 saturated carbocycles. The van der Waals surface area contributed by atoms with Gasteiger partial charge in [0.1, 0.15) is 6.61 Å². The summed E-state index contributed by atoms with van der Waals surface area (Å²) < 4.78 is 10.6. The first-order chi connectivity index (χ1) is 7.06. The van der Waals surface area contributed by atoms with Crippen molar-refractivity contribution < 1.29 is 14.3 Å². The molecule has 0 bridgehead atoms. The first-order valence-electron chi connectivity index (χ1n) is 5.37. The summed E-state index contributed by atoms with van der Waals surface area (Å²) in [6.07, 6.45) is 4.81. The Hall–Kier alpha value is -1.01. The van der Waals surface area contributed by atoms with Gasteiger partial charge in [-0.25, -0.2) is 0 Å². The van der Waals surface area contributed by atoms with Crippen molar-refractivity contribution in [3.05, 3.63) is 0 Å². The van der Waals surface area contributed by atoms with E-state index in [0.717, 1.165) is 0 Å². The molecule has 0 N–H and O–H groups in total. The normalized spacial score (nSPS) is 14.1. The van der Waals surface area contributed by atoms with Crippen LogP contribution in [0.5, 0.6) is 0 Å². The fourth-order valence-corrected chi connectivity index (χ4v) is 0.911. The molecule has 0 unspecified atom stereocenters. The van der Waals surface area contributed by atoms with Crippen molar-refractivity contribution in [3.8, 4) is 12.3 Å². The number of hydrogen-bond donors (Lipinski definition) is 0. The molecule has 16 heavy (non-hydrogen) atoms. The van der Waals surface area contributed by atoms with Crippen molar-refractivity contribution in [2.24, 2.45) is 5.41 Å². The number of esters is 1. The fourth-order valence-electron chi connectivity index (χ4n) is 0.911. The second kappa shape index (κ2) is 5.36. The van der Waals surface area contributed by atoms with Crippen LogP contribution >= 0.6 is 0 Å². The molecular formula is C13H22O3. The van der Waals surface area contributed by atoms with E-state index in [2.05, 4.69) is 5.92 Å². The number of hydrogen-bond acceptors (Lipinski definition) is 3. The smallest absolute Gasteiger partial charge is 0.311 e. The van der Waals surface area contributed by atoms with E-state index in [-0.39, 0.29) is 18.2 Å². The maximum absolute atomic E-state index is 11.5. The molecule has 0 amide bonds. The van der Waals surface area contributed by atoms with Gasteiger partial charge in [0.05, 0.1) is 11.0 Å². The first kappa shape index (κ1) is 15.0. The number of rotatable bonds is 3. The van der Waals surface area contributed by atoms with Crippen molar-refractivity contribution in [1.82, 2.24) is 0 Å². The molecular weight excluding hydrogens is 204 g/mol. The third-order valence-corrected chi connectivity index (χ3v) is 1.66. The van der Waals surface area contributed by atoms with E-state index in [4.69, 9.17) is 15.9 Å². The Balaban J connectivity index is 4.19. The largest absolute Gasteiger partial charge is 0.461 e. The van der Waals surface area contributed by atoms with E-state index >= 15 is 0 Å². The van der Waals surface area contributed by atoms with Crippen LogP contribution in [0.1, 0.15) is 41.5 Å². The molecule has 0 rings (SSSR count). The van der Waals surface area contributed by atoms with Crippen LogP contribution in [0.4, 0.5) is 0 Å². The fraction of sp³-hybridized carbons (Fsp3) is 0.769. The predicted molar refractivity (Wildman–Crippen MR) is 63.9 cm³/mol. The van der Waals surface area contributed by atoms with Crippen LogP contribution in [0.2, 0.25) is 0 Å². The van der Waals surface area contributed by atoms with Crippen LogP contribution < -0.4 is 0 Å². The molecule has 0 aliphatic heterocycles. The maximum atomic E-state index is 11.5. The Morgan fingerprint density at radius 1 is 1.25 bits per heavy atom. The van der Waals surface area contributed by atoms with Gasteiger partial charge in [0.15, 0.2) is 6.10 Å². The predicted octanol–water partition coefficient (Wildman–Crippen LogP) is 2.39. The Bertz CT molecular complexity index is 273. The van der Waals surface area contributed by atoms with E-state index in [9.17, 15) is 4.79 Å². The summed E-state index contributed by atoms with van der Waals surface area (Å²) in [7, 11) is 0. The third kappa shape index (κ3) is 6.47. The van der Waals surface area contributed by atoms with Crippen LogP contribution in [0, 0.1) is 17.8 Å². The van der Waals surface area contributed by atoms with Crippen LogP contribution in [0.15, 0.2) is 0 Å². The number of carbonyl (C=O) groups excluding carboxylic acids is 1. The van der Waals surface area contributed by atoms with Gasteiger partial charge in [0, 0.05) is 0 Å². The summed E-state index contributed by atoms with van der Waals surface area (Å²) in [5.74, 6) is 2.19. The second-order valence-electron chi connectivity index (χ2n) is 5.73. The zero-order valence-electron chi connectivity index (χ0n) is 11.1. The lowest BCUT2D eigenvalue weighted by Gasteiger charge is -2.25. The molecule has 0 aromatic rings. The van der Waals surface area contributed by atoms with Crippen LogP contribution in [-0.2, 0) is 14.3 Å². The molecule has 0 aliphatic rings. The lowest BCUT2D eigenvalue weighted by Crippen LogP contribution is -2.32. The molecule has 0 aliphatic carbocycles. The van der Waals surface area contributed by atoms with E-state index in [1.165, 1.54) is 0 Å². The van der Waals surface area contributed by atoms with Crippen molar-refractivity contribution in [3.63, 3.8) is 0 Å². The van der Waals surface area contributed by atoms with Crippen LogP contribution in [0.25, 0.3) is 0 Å². The highest BCUT2D eigenvalue weighted by Crippen LogP contribution is 2.16. The monoisotopic (exact) mass is 226 g/mol. The number of carbonyl (C=O) groups is 1. The molecule has 0 radical (unpaired) electrons. The molecule has 0 saturated heterocycles. The van der Waals surface area contributed by atoms with Gasteiger partial charge in [-0.3, -0.25) is 4.79 Å².